The second-order valence-corrected chi connectivity index (χ2v) is 5.57. The van der Waals surface area contributed by atoms with Crippen molar-refractivity contribution in [2.75, 3.05) is 20.8 Å². The van der Waals surface area contributed by atoms with Crippen molar-refractivity contribution in [3.8, 4) is 5.75 Å². The summed E-state index contributed by atoms with van der Waals surface area (Å²) in [6, 6.07) is 5.64. The summed E-state index contributed by atoms with van der Waals surface area (Å²) >= 11 is 0. The maximum Gasteiger partial charge on any atom is 0.328 e. The molecule has 21 heavy (non-hydrogen) atoms. The molecule has 0 saturated heterocycles. The molecule has 0 bridgehead atoms. The molecule has 0 aliphatic rings. The van der Waals surface area contributed by atoms with Gasteiger partial charge in [0.1, 0.15) is 5.75 Å². The van der Waals surface area contributed by atoms with E-state index >= 15 is 0 Å². The van der Waals surface area contributed by atoms with Crippen LogP contribution in [0.3, 0.4) is 0 Å². The second-order valence-electron chi connectivity index (χ2n) is 5.57. The number of carboxylic acid groups (broad SMARTS) is 1. The Kier molecular flexibility index (Phi) is 5.93. The number of hydrogen-bond acceptors (Lipinski definition) is 4. The van der Waals surface area contributed by atoms with Crippen LogP contribution in [-0.2, 0) is 11.3 Å². The van der Waals surface area contributed by atoms with Crippen LogP contribution in [0, 0.1) is 0 Å². The van der Waals surface area contributed by atoms with Crippen LogP contribution in [0.2, 0.25) is 0 Å². The van der Waals surface area contributed by atoms with Gasteiger partial charge in [0.2, 0.25) is 0 Å². The molecule has 0 amide bonds. The Labute approximate surface area is 125 Å². The molecule has 0 radical (unpaired) electrons. The molecule has 0 saturated carbocycles. The summed E-state index contributed by atoms with van der Waals surface area (Å²) < 4.78 is 5.23. The van der Waals surface area contributed by atoms with Crippen molar-refractivity contribution in [2.24, 2.45) is 0 Å². The molecule has 0 aliphatic carbocycles. The van der Waals surface area contributed by atoms with Gasteiger partial charge in [-0.1, -0.05) is 6.07 Å². The first kappa shape index (κ1) is 17.2. The van der Waals surface area contributed by atoms with Crippen molar-refractivity contribution in [2.45, 2.75) is 25.9 Å². The number of rotatable bonds is 7. The predicted molar refractivity (Wildman–Crippen MR) is 82.3 cm³/mol. The van der Waals surface area contributed by atoms with Gasteiger partial charge >= 0.3 is 5.97 Å². The quantitative estimate of drug-likeness (QED) is 0.752. The van der Waals surface area contributed by atoms with Crippen LogP contribution in [0.25, 0.3) is 6.08 Å². The monoisotopic (exact) mass is 293 g/mol. The van der Waals surface area contributed by atoms with Gasteiger partial charge in [0.05, 0.1) is 13.7 Å². The van der Waals surface area contributed by atoms with Crippen molar-refractivity contribution in [3.05, 3.63) is 35.4 Å². The highest BCUT2D eigenvalue weighted by atomic mass is 16.5. The van der Waals surface area contributed by atoms with Gasteiger partial charge < -0.3 is 14.9 Å². The Bertz CT molecular complexity index is 523. The first-order valence-corrected chi connectivity index (χ1v) is 6.70. The molecule has 2 N–H and O–H groups in total. The molecule has 0 aromatic heterocycles. The Morgan fingerprint density at radius 3 is 2.62 bits per heavy atom. The molecule has 1 rings (SSSR count). The van der Waals surface area contributed by atoms with Crippen LogP contribution in [0.1, 0.15) is 25.0 Å². The number of ether oxygens (including phenoxy) is 1. The first-order valence-electron chi connectivity index (χ1n) is 6.70. The van der Waals surface area contributed by atoms with Crippen molar-refractivity contribution in [1.82, 2.24) is 4.90 Å². The summed E-state index contributed by atoms with van der Waals surface area (Å²) in [5.41, 5.74) is 1.41. The average Bonchev–Trinajstić information content (AvgIpc) is 2.45. The Balaban J connectivity index is 3.00. The molecule has 0 spiro atoms. The number of nitrogens with zero attached hydrogens (tertiary/aromatic N) is 1. The summed E-state index contributed by atoms with van der Waals surface area (Å²) in [5, 5.41) is 18.1. The SMILES string of the molecule is COc1ccc(CN(C)C(C)(C)CO)cc1/C=C/C(=O)O. The fourth-order valence-corrected chi connectivity index (χ4v) is 1.78. The van der Waals surface area contributed by atoms with Gasteiger partial charge in [-0.05, 0) is 44.7 Å². The number of carboxylic acids is 1. The Morgan fingerprint density at radius 2 is 2.10 bits per heavy atom. The summed E-state index contributed by atoms with van der Waals surface area (Å²) in [6.07, 6.45) is 2.60. The maximum absolute atomic E-state index is 10.6. The fraction of sp³-hybridized carbons (Fsp3) is 0.438. The molecule has 0 aliphatic heterocycles. The van der Waals surface area contributed by atoms with E-state index in [9.17, 15) is 9.90 Å². The number of aliphatic hydroxyl groups is 1. The largest absolute Gasteiger partial charge is 0.496 e. The highest BCUT2D eigenvalue weighted by molar-refractivity contribution is 5.85. The van der Waals surface area contributed by atoms with Gasteiger partial charge in [-0.25, -0.2) is 4.79 Å². The Hall–Kier alpha value is -1.85. The summed E-state index contributed by atoms with van der Waals surface area (Å²) in [5.74, 6) is -0.374. The fourth-order valence-electron chi connectivity index (χ4n) is 1.78. The minimum atomic E-state index is -0.999. The number of hydrogen-bond donors (Lipinski definition) is 2. The van der Waals surface area contributed by atoms with Crippen LogP contribution in [0.4, 0.5) is 0 Å². The minimum absolute atomic E-state index is 0.0609. The van der Waals surface area contributed by atoms with E-state index in [1.807, 2.05) is 44.0 Å². The lowest BCUT2D eigenvalue weighted by Crippen LogP contribution is -2.43. The molecular formula is C16H23NO4. The van der Waals surface area contributed by atoms with Gasteiger partial charge in [0, 0.05) is 23.7 Å². The topological polar surface area (TPSA) is 70.0 Å². The van der Waals surface area contributed by atoms with Crippen LogP contribution in [-0.4, -0.2) is 47.4 Å². The van der Waals surface area contributed by atoms with E-state index in [-0.39, 0.29) is 12.1 Å². The molecule has 0 heterocycles. The zero-order valence-corrected chi connectivity index (χ0v) is 13.0. The first-order chi connectivity index (χ1) is 9.80. The zero-order valence-electron chi connectivity index (χ0n) is 13.0. The standard InChI is InChI=1S/C16H23NO4/c1-16(2,11-18)17(3)10-12-5-7-14(21-4)13(9-12)6-8-15(19)20/h5-9,18H,10-11H2,1-4H3,(H,19,20)/b8-6+. The van der Waals surface area contributed by atoms with E-state index in [1.54, 1.807) is 7.11 Å². The van der Waals surface area contributed by atoms with Crippen molar-refractivity contribution >= 4 is 12.0 Å². The summed E-state index contributed by atoms with van der Waals surface area (Å²) in [7, 11) is 3.49. The van der Waals surface area contributed by atoms with Crippen molar-refractivity contribution in [3.63, 3.8) is 0 Å². The number of methoxy groups -OCH3 is 1. The number of likely N-dealkylation sites (N-methyl/N-ethyl adjacent to an activating group) is 1. The third-order valence-corrected chi connectivity index (χ3v) is 3.54. The highest BCUT2D eigenvalue weighted by Gasteiger charge is 2.22. The highest BCUT2D eigenvalue weighted by Crippen LogP contribution is 2.23. The third kappa shape index (κ3) is 4.88. The Morgan fingerprint density at radius 1 is 1.43 bits per heavy atom. The van der Waals surface area contributed by atoms with Gasteiger partial charge in [-0.2, -0.15) is 0 Å². The molecule has 0 unspecified atom stereocenters. The summed E-state index contributed by atoms with van der Waals surface area (Å²) in [4.78, 5) is 12.7. The number of benzene rings is 1. The van der Waals surface area contributed by atoms with Gasteiger partial charge in [0.25, 0.3) is 0 Å². The van der Waals surface area contributed by atoms with Crippen molar-refractivity contribution < 1.29 is 19.7 Å². The molecule has 1 aromatic rings. The third-order valence-electron chi connectivity index (χ3n) is 3.54. The normalized spacial score (nSPS) is 12.1. The average molecular weight is 293 g/mol. The predicted octanol–water partition coefficient (Wildman–Crippen LogP) is 2.00. The van der Waals surface area contributed by atoms with E-state index in [0.29, 0.717) is 17.9 Å². The molecule has 5 heteroatoms. The number of aliphatic carboxylic acids is 1. The van der Waals surface area contributed by atoms with E-state index in [4.69, 9.17) is 9.84 Å². The van der Waals surface area contributed by atoms with Crippen LogP contribution in [0.5, 0.6) is 5.75 Å². The van der Waals surface area contributed by atoms with E-state index in [2.05, 4.69) is 0 Å². The maximum atomic E-state index is 10.6. The molecule has 0 atom stereocenters. The smallest absolute Gasteiger partial charge is 0.328 e. The van der Waals surface area contributed by atoms with Gasteiger partial charge in [0.15, 0.2) is 0 Å². The lowest BCUT2D eigenvalue weighted by atomic mass is 10.0. The molecular weight excluding hydrogens is 270 g/mol. The minimum Gasteiger partial charge on any atom is -0.496 e. The lowest BCUT2D eigenvalue weighted by Gasteiger charge is -2.34. The van der Waals surface area contributed by atoms with E-state index < -0.39 is 5.97 Å². The van der Waals surface area contributed by atoms with Gasteiger partial charge in [-0.15, -0.1) is 0 Å². The second kappa shape index (κ2) is 7.24. The van der Waals surface area contributed by atoms with E-state index in [0.717, 1.165) is 11.6 Å². The van der Waals surface area contributed by atoms with Crippen LogP contribution < -0.4 is 4.74 Å². The molecule has 0 fully saturated rings. The van der Waals surface area contributed by atoms with Crippen LogP contribution in [0.15, 0.2) is 24.3 Å². The number of aliphatic hydroxyl groups excluding tert-OH is 1. The zero-order chi connectivity index (χ0) is 16.0. The molecule has 116 valence electrons. The van der Waals surface area contributed by atoms with Crippen LogP contribution >= 0.6 is 0 Å². The lowest BCUT2D eigenvalue weighted by molar-refractivity contribution is -0.131. The van der Waals surface area contributed by atoms with Gasteiger partial charge in [-0.3, -0.25) is 4.90 Å². The molecule has 1 aromatic carbocycles. The number of carbonyl (C=O) groups is 1. The molecule has 5 nitrogen and oxygen atoms in total. The van der Waals surface area contributed by atoms with Crippen molar-refractivity contribution in [1.29, 1.82) is 0 Å². The summed E-state index contributed by atoms with van der Waals surface area (Å²) in [6.45, 7) is 4.63. The van der Waals surface area contributed by atoms with E-state index in [1.165, 1.54) is 6.08 Å².